The van der Waals surface area contributed by atoms with Gasteiger partial charge in [-0.1, -0.05) is 23.7 Å². The Morgan fingerprint density at radius 3 is 0.971 bits per heavy atom. The van der Waals surface area contributed by atoms with Gasteiger partial charge in [0.2, 0.25) is 11.8 Å². The fourth-order valence-corrected chi connectivity index (χ4v) is 20.0. The number of carbonyl (C=O) groups excluding carboxylic acids is 5. The summed E-state index contributed by atoms with van der Waals surface area (Å²) in [6.45, 7) is 42.8. The van der Waals surface area contributed by atoms with E-state index in [0.29, 0.717) is 88.8 Å². The van der Waals surface area contributed by atoms with Crippen LogP contribution in [-0.4, -0.2) is 268 Å². The highest BCUT2D eigenvalue weighted by Gasteiger charge is 2.39. The molecule has 10 atom stereocenters. The number of hydrogen-bond donors (Lipinski definition) is 6. The van der Waals surface area contributed by atoms with Crippen molar-refractivity contribution in [1.82, 2.24) is 55.7 Å². The van der Waals surface area contributed by atoms with Crippen LogP contribution in [0.3, 0.4) is 0 Å². The lowest BCUT2D eigenvalue weighted by Gasteiger charge is -2.30. The number of aliphatic hydroxyl groups is 2. The number of fused-ring (bicyclic) bond motifs is 2. The molecule has 2 amide bonds. The van der Waals surface area contributed by atoms with E-state index in [4.69, 9.17) is 45.1 Å². The fraction of sp³-hybridized carbons (Fsp3) is 0.547. The molecule has 8 saturated heterocycles. The van der Waals surface area contributed by atoms with Crippen LogP contribution in [0.1, 0.15) is 163 Å². The first-order valence-corrected chi connectivity index (χ1v) is 49.7. The molecule has 140 heavy (non-hydrogen) atoms. The maximum Gasteiger partial charge on any atom is 0.310 e. The number of aryl methyl sites for hydroxylation is 12. The molecule has 8 fully saturated rings. The van der Waals surface area contributed by atoms with Gasteiger partial charge < -0.3 is 98.7 Å². The number of carboxylic acid groups (broad SMARTS) is 1. The number of esters is 3. The number of aliphatic carboxylic acids is 1. The van der Waals surface area contributed by atoms with Crippen molar-refractivity contribution in [2.24, 2.45) is 35.5 Å². The minimum absolute atomic E-state index is 0. The minimum Gasteiger partial charge on any atom is -0.486 e. The standard InChI is InChI=1S/2C27H36N4O4.C14H20N2O2.C13H18N2O2.C12H16N2O2.C7H8ClN.C6H11NO2.ClH/c2*1-18-13-22(14-19(2)28-18)31-10-7-21(16-31)27(33)29-23(17-30-8-3-4-9-30)26(32)20-5-6-24-25(15-20)35-12-11-34-24;1-4-18-14(17)12-5-6-16(9-12)13-7-10(2)15-11(3)8-13;1-9-6-12(7-10(2)14-9)15-5-4-11(8-15)13(16)17-3;1-8-5-11(6-9(2)13-8)14-4-3-10(7-14)12(15)16;1-5-3-7(8)4-6(2)9-5;1-9-6(8)5-2-3-7-4-5;/h2*5-6,13-15,21,23,26,32H,3-4,7-12,16-17H2,1-2H3,(H,29,33);7-8,12H,4-6,9H2,1-3H3;6-7,11H,4-5,8H2,1-3H3;5-6,10H,3-4,7H2,1-2H3,(H,15,16);3-4H,1-2H3;5,7H,2-4H2,1H3;1H/t21-,23+,26+;21-,23-,26-;;;;;;/m01....../s1. The van der Waals surface area contributed by atoms with Gasteiger partial charge in [0.15, 0.2) is 23.0 Å². The maximum atomic E-state index is 13.4. The summed E-state index contributed by atoms with van der Waals surface area (Å²) in [5, 5.41) is 42.0. The number of halogens is 2. The van der Waals surface area contributed by atoms with Crippen molar-refractivity contribution in [3.8, 4) is 23.0 Å². The summed E-state index contributed by atoms with van der Waals surface area (Å²) in [7, 11) is 2.88. The van der Waals surface area contributed by atoms with Crippen molar-refractivity contribution in [3.63, 3.8) is 0 Å². The highest BCUT2D eigenvalue weighted by atomic mass is 35.5. The van der Waals surface area contributed by atoms with Gasteiger partial charge in [0, 0.05) is 187 Å². The van der Waals surface area contributed by atoms with E-state index < -0.39 is 30.3 Å². The summed E-state index contributed by atoms with van der Waals surface area (Å²) in [4.78, 5) is 113. The monoisotopic (exact) mass is 1970 g/mol. The second-order valence-electron chi connectivity index (χ2n) is 38.0. The van der Waals surface area contributed by atoms with E-state index in [2.05, 4.69) is 133 Å². The summed E-state index contributed by atoms with van der Waals surface area (Å²) in [5.41, 5.74) is 19.0. The third kappa shape index (κ3) is 32.1. The number of carbonyl (C=O) groups is 6. The number of ether oxygens (including phenoxy) is 7. The molecule has 6 N–H and O–H groups in total. The van der Waals surface area contributed by atoms with Crippen LogP contribution in [0.25, 0.3) is 0 Å². The minimum atomic E-state index is -0.835. The van der Waals surface area contributed by atoms with Crippen LogP contribution in [0, 0.1) is 119 Å². The molecule has 0 bridgehead atoms. The lowest BCUT2D eigenvalue weighted by atomic mass is 9.99. The normalized spacial score (nSPS) is 20.3. The highest BCUT2D eigenvalue weighted by Crippen LogP contribution is 2.38. The Morgan fingerprint density at radius 2 is 0.679 bits per heavy atom. The molecule has 0 saturated carbocycles. The van der Waals surface area contributed by atoms with Crippen LogP contribution in [-0.2, 0) is 43.0 Å². The Kier molecular flexibility index (Phi) is 41.3. The number of carboxylic acids is 1. The molecule has 0 aliphatic carbocycles. The van der Waals surface area contributed by atoms with Crippen LogP contribution in [0.5, 0.6) is 23.0 Å². The Bertz CT molecular complexity index is 5130. The van der Waals surface area contributed by atoms with Crippen molar-refractivity contribution in [2.75, 3.05) is 190 Å². The number of aromatic nitrogens is 6. The zero-order chi connectivity index (χ0) is 99.5. The Morgan fingerprint density at radius 1 is 0.393 bits per heavy atom. The van der Waals surface area contributed by atoms with E-state index in [9.17, 15) is 39.0 Å². The van der Waals surface area contributed by atoms with Crippen LogP contribution in [0.15, 0.2) is 109 Å². The average Bonchev–Trinajstić information content (AvgIpc) is 1.67. The van der Waals surface area contributed by atoms with Crippen molar-refractivity contribution < 1.29 is 77.2 Å². The van der Waals surface area contributed by atoms with Gasteiger partial charge in [-0.05, 0) is 295 Å². The number of amides is 2. The van der Waals surface area contributed by atoms with Crippen LogP contribution >= 0.6 is 24.0 Å². The van der Waals surface area contributed by atoms with E-state index in [-0.39, 0.29) is 77.6 Å². The molecule has 0 spiro atoms. The summed E-state index contributed by atoms with van der Waals surface area (Å²) in [5.74, 6) is 1.43. The molecular weight excluding hydrogens is 1820 g/mol. The van der Waals surface area contributed by atoms with E-state index >= 15 is 0 Å². The van der Waals surface area contributed by atoms with E-state index in [1.165, 1.54) is 14.2 Å². The van der Waals surface area contributed by atoms with E-state index in [0.717, 1.165) is 262 Å². The number of benzene rings is 2. The average molecular weight is 1970 g/mol. The van der Waals surface area contributed by atoms with E-state index in [1.54, 1.807) is 0 Å². The molecule has 4 unspecified atom stereocenters. The Hall–Kier alpha value is -11.3. The molecule has 34 heteroatoms. The van der Waals surface area contributed by atoms with Gasteiger partial charge in [-0.15, -0.1) is 12.4 Å². The first-order chi connectivity index (χ1) is 66.7. The summed E-state index contributed by atoms with van der Waals surface area (Å²) in [6, 6.07) is 34.6. The number of hydrogen-bond acceptors (Lipinski definition) is 29. The van der Waals surface area contributed by atoms with Gasteiger partial charge in [-0.2, -0.15) is 0 Å². The molecule has 16 heterocycles. The maximum absolute atomic E-state index is 13.4. The molecule has 0 radical (unpaired) electrons. The predicted molar refractivity (Wildman–Crippen MR) is 545 cm³/mol. The van der Waals surface area contributed by atoms with Gasteiger partial charge in [-0.25, -0.2) is 0 Å². The quantitative estimate of drug-likeness (QED) is 0.0271. The SMILES string of the molecule is CCOC(=O)C1CCN(c2cc(C)nc(C)c2)C1.COC(=O)C1CCN(c2cc(C)nc(C)c2)C1.COC(=O)C1CCNC1.Cc1cc(Cl)cc(C)n1.Cc1cc(N2CCC(C(=O)O)C2)cc(C)n1.Cc1cc(N2CC[C@@H](C(=O)N[C@H](CN3CCCC3)[C@H](O)c3ccc4c(c3)OCCO4)C2)cc(C)n1.Cc1cc(N2CC[C@H](C(=O)N[C@H](CN3CCCC3)[C@H](O)c3ccc4c(c3)OCCO4)C2)cc(C)n1.Cl. The van der Waals surface area contributed by atoms with Crippen molar-refractivity contribution in [3.05, 3.63) is 194 Å². The number of rotatable bonds is 22. The second kappa shape index (κ2) is 53.0. The molecular formula is C106H146Cl2N16O16. The third-order valence-electron chi connectivity index (χ3n) is 26.5. The number of nitrogens with one attached hydrogen (secondary N) is 3. The van der Waals surface area contributed by atoms with Gasteiger partial charge in [0.1, 0.15) is 38.6 Å². The van der Waals surface area contributed by atoms with Crippen LogP contribution in [0.4, 0.5) is 28.4 Å². The number of aliphatic hydroxyl groups excluding tert-OH is 2. The molecule has 10 aliphatic heterocycles. The van der Waals surface area contributed by atoms with Gasteiger partial charge in [-0.3, -0.25) is 58.7 Å². The molecule has 6 aromatic heterocycles. The number of nitrogens with zero attached hydrogens (tertiary/aromatic N) is 13. The largest absolute Gasteiger partial charge is 0.486 e. The molecule has 32 nitrogen and oxygen atoms in total. The number of anilines is 5. The third-order valence-corrected chi connectivity index (χ3v) is 26.7. The Balaban J connectivity index is 0.000000165. The number of pyridine rings is 6. The predicted octanol–water partition coefficient (Wildman–Crippen LogP) is 13.2. The zero-order valence-electron chi connectivity index (χ0n) is 84.2. The second-order valence-corrected chi connectivity index (χ2v) is 38.5. The molecule has 10 aliphatic rings. The van der Waals surface area contributed by atoms with Gasteiger partial charge in [0.25, 0.3) is 0 Å². The summed E-state index contributed by atoms with van der Waals surface area (Å²) < 4.78 is 37.1. The van der Waals surface area contributed by atoms with Crippen molar-refractivity contribution in [1.29, 1.82) is 0 Å². The lowest BCUT2D eigenvalue weighted by molar-refractivity contribution is -0.147. The molecule has 2 aromatic carbocycles. The zero-order valence-corrected chi connectivity index (χ0v) is 85.8. The van der Waals surface area contributed by atoms with Crippen molar-refractivity contribution in [2.45, 2.75) is 179 Å². The summed E-state index contributed by atoms with van der Waals surface area (Å²) >= 11 is 5.71. The topological polar surface area (TPSA) is 364 Å². The smallest absolute Gasteiger partial charge is 0.310 e. The summed E-state index contributed by atoms with van der Waals surface area (Å²) in [6.07, 6.45) is 7.94. The van der Waals surface area contributed by atoms with Crippen LogP contribution in [0.2, 0.25) is 5.02 Å². The first kappa shape index (κ1) is 109. The van der Waals surface area contributed by atoms with E-state index in [1.807, 2.05) is 151 Å². The number of methoxy groups -OCH3 is 2. The van der Waals surface area contributed by atoms with Crippen LogP contribution < -0.4 is 59.4 Å². The Labute approximate surface area is 836 Å². The van der Waals surface area contributed by atoms with Gasteiger partial charge in [0.05, 0.1) is 68.4 Å². The molecule has 8 aromatic rings. The van der Waals surface area contributed by atoms with Crippen molar-refractivity contribution >= 4 is 88.1 Å². The fourth-order valence-electron chi connectivity index (χ4n) is 19.7. The molecule has 18 rings (SSSR count). The number of likely N-dealkylation sites (tertiary alicyclic amines) is 2. The van der Waals surface area contributed by atoms with Gasteiger partial charge >= 0.3 is 23.9 Å². The molecule has 760 valence electrons. The lowest BCUT2D eigenvalue weighted by Crippen LogP contribution is -2.48. The highest BCUT2D eigenvalue weighted by molar-refractivity contribution is 6.30. The first-order valence-electron chi connectivity index (χ1n) is 49.3.